The lowest BCUT2D eigenvalue weighted by atomic mass is 10.0. The zero-order valence-electron chi connectivity index (χ0n) is 10.4. The second-order valence-corrected chi connectivity index (χ2v) is 5.55. The van der Waals surface area contributed by atoms with Crippen molar-refractivity contribution in [1.82, 2.24) is 0 Å². The van der Waals surface area contributed by atoms with Crippen LogP contribution < -0.4 is 10.1 Å². The van der Waals surface area contributed by atoms with Crippen molar-refractivity contribution in [1.29, 1.82) is 0 Å². The summed E-state index contributed by atoms with van der Waals surface area (Å²) in [5.41, 5.74) is 1.51. The molecule has 2 unspecified atom stereocenters. The quantitative estimate of drug-likeness (QED) is 0.833. The molecule has 19 heavy (non-hydrogen) atoms. The average molecular weight is 322 g/mol. The summed E-state index contributed by atoms with van der Waals surface area (Å²) < 4.78 is 20.8. The van der Waals surface area contributed by atoms with Gasteiger partial charge in [-0.2, -0.15) is 0 Å². The molecule has 0 saturated heterocycles. The van der Waals surface area contributed by atoms with E-state index < -0.39 is 0 Å². The van der Waals surface area contributed by atoms with E-state index in [1.54, 1.807) is 12.1 Å². The van der Waals surface area contributed by atoms with Crippen LogP contribution in [0.3, 0.4) is 0 Å². The van der Waals surface area contributed by atoms with E-state index in [2.05, 4.69) is 21.2 Å². The standard InChI is InChI=1S/C15H13BrFNO/c1-9-15(11-4-2-3-5-12(11)17)19-14-7-6-10(16)8-13(14)18-9/h2-9,15,18H,1H3. The molecule has 1 heterocycles. The van der Waals surface area contributed by atoms with Crippen LogP contribution in [0.4, 0.5) is 10.1 Å². The van der Waals surface area contributed by atoms with Crippen LogP contribution in [-0.2, 0) is 0 Å². The maximum absolute atomic E-state index is 13.9. The van der Waals surface area contributed by atoms with Crippen molar-refractivity contribution in [3.63, 3.8) is 0 Å². The van der Waals surface area contributed by atoms with E-state index in [0.717, 1.165) is 15.9 Å². The molecule has 0 saturated carbocycles. The topological polar surface area (TPSA) is 21.3 Å². The largest absolute Gasteiger partial charge is 0.481 e. The first-order valence-corrected chi connectivity index (χ1v) is 6.91. The van der Waals surface area contributed by atoms with Crippen molar-refractivity contribution >= 4 is 21.6 Å². The van der Waals surface area contributed by atoms with E-state index in [1.165, 1.54) is 6.07 Å². The Labute approximate surface area is 119 Å². The van der Waals surface area contributed by atoms with E-state index >= 15 is 0 Å². The summed E-state index contributed by atoms with van der Waals surface area (Å²) in [6.45, 7) is 1.99. The third kappa shape index (κ3) is 2.32. The molecule has 2 aromatic rings. The van der Waals surface area contributed by atoms with Gasteiger partial charge in [0.1, 0.15) is 17.7 Å². The summed E-state index contributed by atoms with van der Waals surface area (Å²) in [5, 5.41) is 3.35. The van der Waals surface area contributed by atoms with Gasteiger partial charge in [-0.3, -0.25) is 0 Å². The molecule has 4 heteroatoms. The Bertz CT molecular complexity index is 617. The maximum atomic E-state index is 13.9. The Morgan fingerprint density at radius 2 is 2.00 bits per heavy atom. The Balaban J connectivity index is 1.98. The lowest BCUT2D eigenvalue weighted by molar-refractivity contribution is 0.173. The van der Waals surface area contributed by atoms with Gasteiger partial charge in [0, 0.05) is 10.0 Å². The SMILES string of the molecule is CC1Nc2cc(Br)ccc2OC1c1ccccc1F. The Hall–Kier alpha value is -1.55. The second-order valence-electron chi connectivity index (χ2n) is 4.63. The summed E-state index contributed by atoms with van der Waals surface area (Å²) in [4.78, 5) is 0. The first-order valence-electron chi connectivity index (χ1n) is 6.12. The molecule has 2 atom stereocenters. The minimum absolute atomic E-state index is 0.00120. The highest BCUT2D eigenvalue weighted by Gasteiger charge is 2.29. The highest BCUT2D eigenvalue weighted by molar-refractivity contribution is 9.10. The molecule has 0 radical (unpaired) electrons. The normalized spacial score (nSPS) is 21.2. The smallest absolute Gasteiger partial charge is 0.146 e. The molecule has 1 N–H and O–H groups in total. The van der Waals surface area contributed by atoms with Crippen molar-refractivity contribution in [3.05, 3.63) is 58.3 Å². The number of anilines is 1. The molecule has 0 amide bonds. The van der Waals surface area contributed by atoms with Crippen LogP contribution in [0.5, 0.6) is 5.75 Å². The van der Waals surface area contributed by atoms with E-state index in [0.29, 0.717) is 5.56 Å². The molecule has 0 fully saturated rings. The van der Waals surface area contributed by atoms with Gasteiger partial charge in [-0.25, -0.2) is 4.39 Å². The maximum Gasteiger partial charge on any atom is 0.146 e. The predicted molar refractivity (Wildman–Crippen MR) is 77.0 cm³/mol. The minimum Gasteiger partial charge on any atom is -0.481 e. The highest BCUT2D eigenvalue weighted by Crippen LogP contribution is 2.39. The molecular formula is C15H13BrFNO. The van der Waals surface area contributed by atoms with Crippen molar-refractivity contribution in [3.8, 4) is 5.75 Å². The highest BCUT2D eigenvalue weighted by atomic mass is 79.9. The molecule has 0 spiro atoms. The van der Waals surface area contributed by atoms with Crippen LogP contribution in [0, 0.1) is 5.82 Å². The summed E-state index contributed by atoms with van der Waals surface area (Å²) in [6.07, 6.45) is -0.324. The molecule has 2 aromatic carbocycles. The van der Waals surface area contributed by atoms with Gasteiger partial charge < -0.3 is 10.1 Å². The van der Waals surface area contributed by atoms with Crippen molar-refractivity contribution in [2.24, 2.45) is 0 Å². The fraction of sp³-hybridized carbons (Fsp3) is 0.200. The number of hydrogen-bond acceptors (Lipinski definition) is 2. The van der Waals surface area contributed by atoms with Crippen LogP contribution in [-0.4, -0.2) is 6.04 Å². The lowest BCUT2D eigenvalue weighted by Gasteiger charge is -2.33. The van der Waals surface area contributed by atoms with Gasteiger partial charge in [-0.05, 0) is 31.2 Å². The minimum atomic E-state index is -0.324. The Kier molecular flexibility index (Phi) is 3.19. The van der Waals surface area contributed by atoms with Crippen molar-refractivity contribution < 1.29 is 9.13 Å². The van der Waals surface area contributed by atoms with E-state index in [1.807, 2.05) is 31.2 Å². The second kappa shape index (κ2) is 4.85. The van der Waals surface area contributed by atoms with Gasteiger partial charge >= 0.3 is 0 Å². The van der Waals surface area contributed by atoms with Crippen molar-refractivity contribution in [2.45, 2.75) is 19.1 Å². The first-order chi connectivity index (χ1) is 9.15. The van der Waals surface area contributed by atoms with E-state index in [4.69, 9.17) is 4.74 Å². The van der Waals surface area contributed by atoms with Crippen LogP contribution in [0.2, 0.25) is 0 Å². The number of benzene rings is 2. The van der Waals surface area contributed by atoms with Gasteiger partial charge in [0.2, 0.25) is 0 Å². The van der Waals surface area contributed by atoms with Crippen molar-refractivity contribution in [2.75, 3.05) is 5.32 Å². The third-order valence-corrected chi connectivity index (χ3v) is 3.74. The molecule has 0 bridgehead atoms. The predicted octanol–water partition coefficient (Wildman–Crippen LogP) is 4.52. The van der Waals surface area contributed by atoms with Gasteiger partial charge in [0.05, 0.1) is 11.7 Å². The molecule has 1 aliphatic heterocycles. The summed E-state index contributed by atoms with van der Waals surface area (Å²) in [6, 6.07) is 12.5. The molecule has 0 aliphatic carbocycles. The van der Waals surface area contributed by atoms with Gasteiger partial charge in [-0.1, -0.05) is 34.1 Å². The summed E-state index contributed by atoms with van der Waals surface area (Å²) >= 11 is 3.43. The Morgan fingerprint density at radius 1 is 1.21 bits per heavy atom. The number of rotatable bonds is 1. The summed E-state index contributed by atoms with van der Waals surface area (Å²) in [5.74, 6) is 0.510. The zero-order valence-corrected chi connectivity index (χ0v) is 11.9. The van der Waals surface area contributed by atoms with Gasteiger partial charge in [-0.15, -0.1) is 0 Å². The van der Waals surface area contributed by atoms with Crippen LogP contribution in [0.25, 0.3) is 0 Å². The zero-order chi connectivity index (χ0) is 13.4. The lowest BCUT2D eigenvalue weighted by Crippen LogP contribution is -2.33. The molecule has 3 rings (SSSR count). The van der Waals surface area contributed by atoms with Crippen LogP contribution in [0.15, 0.2) is 46.9 Å². The third-order valence-electron chi connectivity index (χ3n) is 3.24. The molecule has 1 aliphatic rings. The average Bonchev–Trinajstić information content (AvgIpc) is 2.39. The fourth-order valence-electron chi connectivity index (χ4n) is 2.32. The Morgan fingerprint density at radius 3 is 2.79 bits per heavy atom. The number of ether oxygens (including phenoxy) is 1. The van der Waals surface area contributed by atoms with E-state index in [9.17, 15) is 4.39 Å². The van der Waals surface area contributed by atoms with E-state index in [-0.39, 0.29) is 18.0 Å². The number of halogens is 2. The number of fused-ring (bicyclic) bond motifs is 1. The van der Waals surface area contributed by atoms with Crippen LogP contribution in [0.1, 0.15) is 18.6 Å². The molecule has 2 nitrogen and oxygen atoms in total. The first kappa shape index (κ1) is 12.5. The van der Waals surface area contributed by atoms with Gasteiger partial charge in [0.25, 0.3) is 0 Å². The van der Waals surface area contributed by atoms with Gasteiger partial charge in [0.15, 0.2) is 0 Å². The van der Waals surface area contributed by atoms with Crippen LogP contribution >= 0.6 is 15.9 Å². The number of hydrogen-bond donors (Lipinski definition) is 1. The molecule has 98 valence electrons. The fourth-order valence-corrected chi connectivity index (χ4v) is 2.68. The number of nitrogens with one attached hydrogen (secondary N) is 1. The molecular weight excluding hydrogens is 309 g/mol. The monoisotopic (exact) mass is 321 g/mol. The summed E-state index contributed by atoms with van der Waals surface area (Å²) in [7, 11) is 0. The molecule has 0 aromatic heterocycles.